The molecular formula is C16H25F2NO2. The van der Waals surface area contributed by atoms with Crippen molar-refractivity contribution >= 4 is 0 Å². The van der Waals surface area contributed by atoms with Gasteiger partial charge >= 0.3 is 6.61 Å². The Hall–Kier alpha value is -1.20. The van der Waals surface area contributed by atoms with Crippen LogP contribution in [0.15, 0.2) is 24.3 Å². The highest BCUT2D eigenvalue weighted by atomic mass is 19.3. The van der Waals surface area contributed by atoms with E-state index in [9.17, 15) is 8.78 Å². The molecule has 1 N–H and O–H groups in total. The zero-order chi connectivity index (χ0) is 15.7. The fourth-order valence-corrected chi connectivity index (χ4v) is 2.13. The molecule has 0 aliphatic carbocycles. The zero-order valence-electron chi connectivity index (χ0n) is 12.9. The molecule has 3 nitrogen and oxygen atoms in total. The maximum Gasteiger partial charge on any atom is 0.387 e. The predicted octanol–water partition coefficient (Wildman–Crippen LogP) is 3.62. The summed E-state index contributed by atoms with van der Waals surface area (Å²) in [4.78, 5) is 0. The van der Waals surface area contributed by atoms with Gasteiger partial charge in [0.15, 0.2) is 0 Å². The SMILES string of the molecule is CCOCC(C)NC(C)CCc1ccc(OC(F)F)cc1. The quantitative estimate of drug-likeness (QED) is 0.716. The first kappa shape index (κ1) is 17.9. The van der Waals surface area contributed by atoms with Crippen LogP contribution in [-0.2, 0) is 11.2 Å². The maximum absolute atomic E-state index is 12.0. The van der Waals surface area contributed by atoms with Gasteiger partial charge in [0.05, 0.1) is 6.61 Å². The number of hydrogen-bond acceptors (Lipinski definition) is 3. The van der Waals surface area contributed by atoms with E-state index in [-0.39, 0.29) is 5.75 Å². The highest BCUT2D eigenvalue weighted by Crippen LogP contribution is 2.16. The molecule has 21 heavy (non-hydrogen) atoms. The molecular weight excluding hydrogens is 276 g/mol. The number of ether oxygens (including phenoxy) is 2. The van der Waals surface area contributed by atoms with E-state index in [2.05, 4.69) is 23.9 Å². The number of nitrogens with one attached hydrogen (secondary N) is 1. The number of hydrogen-bond donors (Lipinski definition) is 1. The van der Waals surface area contributed by atoms with Crippen molar-refractivity contribution in [2.75, 3.05) is 13.2 Å². The lowest BCUT2D eigenvalue weighted by atomic mass is 10.1. The molecule has 2 atom stereocenters. The van der Waals surface area contributed by atoms with Gasteiger partial charge in [-0.1, -0.05) is 12.1 Å². The van der Waals surface area contributed by atoms with Gasteiger partial charge < -0.3 is 14.8 Å². The minimum atomic E-state index is -2.77. The van der Waals surface area contributed by atoms with Crippen LogP contribution < -0.4 is 10.1 Å². The Kier molecular flexibility index (Phi) is 8.23. The molecule has 120 valence electrons. The van der Waals surface area contributed by atoms with Crippen molar-refractivity contribution in [1.82, 2.24) is 5.32 Å². The Morgan fingerprint density at radius 2 is 1.76 bits per heavy atom. The van der Waals surface area contributed by atoms with Gasteiger partial charge in [0, 0.05) is 18.7 Å². The average Bonchev–Trinajstić information content (AvgIpc) is 2.44. The van der Waals surface area contributed by atoms with Crippen molar-refractivity contribution < 1.29 is 18.3 Å². The standard InChI is InChI=1S/C16H25F2NO2/c1-4-20-11-13(3)19-12(2)5-6-14-7-9-15(10-8-14)21-16(17)18/h7-10,12-13,16,19H,4-6,11H2,1-3H3. The van der Waals surface area contributed by atoms with E-state index < -0.39 is 6.61 Å². The van der Waals surface area contributed by atoms with Gasteiger partial charge in [-0.2, -0.15) is 8.78 Å². The highest BCUT2D eigenvalue weighted by Gasteiger charge is 2.08. The summed E-state index contributed by atoms with van der Waals surface area (Å²) >= 11 is 0. The van der Waals surface area contributed by atoms with Crippen molar-refractivity contribution in [2.24, 2.45) is 0 Å². The van der Waals surface area contributed by atoms with Crippen LogP contribution in [0.25, 0.3) is 0 Å². The predicted molar refractivity (Wildman–Crippen MR) is 79.9 cm³/mol. The largest absolute Gasteiger partial charge is 0.435 e. The summed E-state index contributed by atoms with van der Waals surface area (Å²) in [5.74, 6) is 0.199. The molecule has 0 aliphatic heterocycles. The van der Waals surface area contributed by atoms with Crippen molar-refractivity contribution in [3.63, 3.8) is 0 Å². The molecule has 0 fully saturated rings. The molecule has 0 spiro atoms. The Balaban J connectivity index is 2.30. The van der Waals surface area contributed by atoms with Crippen LogP contribution in [0.3, 0.4) is 0 Å². The van der Waals surface area contributed by atoms with Gasteiger partial charge in [-0.3, -0.25) is 0 Å². The van der Waals surface area contributed by atoms with Crippen molar-refractivity contribution in [3.05, 3.63) is 29.8 Å². The van der Waals surface area contributed by atoms with E-state index in [0.29, 0.717) is 18.7 Å². The van der Waals surface area contributed by atoms with Crippen LogP contribution in [0.4, 0.5) is 8.78 Å². The first-order valence-electron chi connectivity index (χ1n) is 7.38. The van der Waals surface area contributed by atoms with Gasteiger partial charge in [-0.15, -0.1) is 0 Å². The summed E-state index contributed by atoms with van der Waals surface area (Å²) in [6, 6.07) is 7.51. The van der Waals surface area contributed by atoms with Gasteiger partial charge in [-0.05, 0) is 51.3 Å². The summed E-state index contributed by atoms with van der Waals surface area (Å²) in [6.07, 6.45) is 1.87. The van der Waals surface area contributed by atoms with Crippen LogP contribution in [-0.4, -0.2) is 31.9 Å². The van der Waals surface area contributed by atoms with Crippen LogP contribution in [0.1, 0.15) is 32.8 Å². The Labute approximate surface area is 125 Å². The van der Waals surface area contributed by atoms with Crippen LogP contribution in [0.2, 0.25) is 0 Å². The van der Waals surface area contributed by atoms with Gasteiger partial charge in [0.1, 0.15) is 5.75 Å². The van der Waals surface area contributed by atoms with E-state index >= 15 is 0 Å². The topological polar surface area (TPSA) is 30.5 Å². The van der Waals surface area contributed by atoms with Gasteiger partial charge in [0.25, 0.3) is 0 Å². The lowest BCUT2D eigenvalue weighted by molar-refractivity contribution is -0.0498. The number of rotatable bonds is 10. The summed E-state index contributed by atoms with van der Waals surface area (Å²) in [5, 5.41) is 3.47. The molecule has 1 rings (SSSR count). The van der Waals surface area contributed by atoms with E-state index in [4.69, 9.17) is 4.74 Å². The van der Waals surface area contributed by atoms with E-state index in [0.717, 1.165) is 25.0 Å². The van der Waals surface area contributed by atoms with E-state index in [1.54, 1.807) is 12.1 Å². The lowest BCUT2D eigenvalue weighted by Crippen LogP contribution is -2.37. The third kappa shape index (κ3) is 7.97. The fraction of sp³-hybridized carbons (Fsp3) is 0.625. The highest BCUT2D eigenvalue weighted by molar-refractivity contribution is 5.27. The lowest BCUT2D eigenvalue weighted by Gasteiger charge is -2.19. The fourth-order valence-electron chi connectivity index (χ4n) is 2.13. The monoisotopic (exact) mass is 301 g/mol. The average molecular weight is 301 g/mol. The maximum atomic E-state index is 12.0. The number of benzene rings is 1. The van der Waals surface area contributed by atoms with Crippen LogP contribution in [0.5, 0.6) is 5.75 Å². The van der Waals surface area contributed by atoms with Gasteiger partial charge in [-0.25, -0.2) is 0 Å². The molecule has 0 amide bonds. The van der Waals surface area contributed by atoms with Crippen molar-refractivity contribution in [1.29, 1.82) is 0 Å². The van der Waals surface area contributed by atoms with Crippen LogP contribution in [0, 0.1) is 0 Å². The molecule has 0 bridgehead atoms. The molecule has 0 aliphatic rings. The summed E-state index contributed by atoms with van der Waals surface area (Å²) < 4.78 is 33.8. The Morgan fingerprint density at radius 1 is 1.10 bits per heavy atom. The Morgan fingerprint density at radius 3 is 2.33 bits per heavy atom. The molecule has 0 heterocycles. The number of alkyl halides is 2. The van der Waals surface area contributed by atoms with Gasteiger partial charge in [0.2, 0.25) is 0 Å². The molecule has 2 unspecified atom stereocenters. The molecule has 0 radical (unpaired) electrons. The summed E-state index contributed by atoms with van der Waals surface area (Å²) in [7, 11) is 0. The molecule has 0 saturated heterocycles. The molecule has 0 aromatic heterocycles. The second-order valence-electron chi connectivity index (χ2n) is 5.19. The molecule has 5 heteroatoms. The van der Waals surface area contributed by atoms with Crippen molar-refractivity contribution in [3.8, 4) is 5.75 Å². The molecule has 1 aromatic carbocycles. The van der Waals surface area contributed by atoms with Crippen LogP contribution >= 0.6 is 0 Å². The minimum Gasteiger partial charge on any atom is -0.435 e. The zero-order valence-corrected chi connectivity index (χ0v) is 12.9. The number of aryl methyl sites for hydroxylation is 1. The van der Waals surface area contributed by atoms with E-state index in [1.807, 2.05) is 19.1 Å². The molecule has 1 aromatic rings. The third-order valence-corrected chi connectivity index (χ3v) is 3.16. The third-order valence-electron chi connectivity index (χ3n) is 3.16. The Bertz CT molecular complexity index is 384. The smallest absolute Gasteiger partial charge is 0.387 e. The van der Waals surface area contributed by atoms with E-state index in [1.165, 1.54) is 0 Å². The van der Waals surface area contributed by atoms with Crippen molar-refractivity contribution in [2.45, 2.75) is 52.3 Å². The number of halogens is 2. The second kappa shape index (κ2) is 9.68. The first-order valence-corrected chi connectivity index (χ1v) is 7.38. The second-order valence-corrected chi connectivity index (χ2v) is 5.19. The first-order chi connectivity index (χ1) is 10.0. The summed E-state index contributed by atoms with van der Waals surface area (Å²) in [5.41, 5.74) is 1.11. The normalized spacial score (nSPS) is 14.2. The summed E-state index contributed by atoms with van der Waals surface area (Å²) in [6.45, 7) is 4.89. The molecule has 0 saturated carbocycles. The minimum absolute atomic E-state index is 0.199.